The summed E-state index contributed by atoms with van der Waals surface area (Å²) in [5.74, 6) is 0. The lowest BCUT2D eigenvalue weighted by atomic mass is 9.91. The van der Waals surface area contributed by atoms with Crippen molar-refractivity contribution < 1.29 is 0 Å². The first-order chi connectivity index (χ1) is 17.9. The van der Waals surface area contributed by atoms with Crippen molar-refractivity contribution in [3.8, 4) is 11.3 Å². The number of rotatable bonds is 1. The van der Waals surface area contributed by atoms with Crippen LogP contribution in [0.5, 0.6) is 0 Å². The molecule has 8 aromatic rings. The van der Waals surface area contributed by atoms with Crippen LogP contribution in [0.2, 0.25) is 0 Å². The number of hydrogen-bond donors (Lipinski definition) is 0. The molecule has 36 heavy (non-hydrogen) atoms. The van der Waals surface area contributed by atoms with Crippen LogP contribution in [0.15, 0.2) is 116 Å². The summed E-state index contributed by atoms with van der Waals surface area (Å²) in [5, 5.41) is 10.4. The Hall–Kier alpha value is -4.89. The van der Waals surface area contributed by atoms with E-state index in [0.717, 1.165) is 54.7 Å². The summed E-state index contributed by atoms with van der Waals surface area (Å²) in [4.78, 5) is 14.9. The van der Waals surface area contributed by atoms with Crippen LogP contribution in [0, 0.1) is 0 Å². The number of hydrogen-bond acceptors (Lipinski definition) is 3. The molecule has 0 aliphatic heterocycles. The summed E-state index contributed by atoms with van der Waals surface area (Å²) in [6.07, 6.45) is 3.84. The summed E-state index contributed by atoms with van der Waals surface area (Å²) in [5.41, 5.74) is 4.91. The monoisotopic (exact) mass is 457 g/mol. The first kappa shape index (κ1) is 19.4. The molecule has 3 heteroatoms. The molecule has 0 unspecified atom stereocenters. The molecule has 0 bridgehead atoms. The van der Waals surface area contributed by atoms with Gasteiger partial charge < -0.3 is 0 Å². The van der Waals surface area contributed by atoms with Crippen molar-refractivity contribution in [1.82, 2.24) is 15.0 Å². The van der Waals surface area contributed by atoms with Crippen LogP contribution in [0.3, 0.4) is 0 Å². The zero-order valence-corrected chi connectivity index (χ0v) is 19.3. The maximum atomic E-state index is 5.31. The highest BCUT2D eigenvalue weighted by molar-refractivity contribution is 6.25. The minimum absolute atomic E-state index is 0.907. The van der Waals surface area contributed by atoms with Gasteiger partial charge in [0.1, 0.15) is 0 Å². The summed E-state index contributed by atoms with van der Waals surface area (Å²) >= 11 is 0. The average Bonchev–Trinajstić information content (AvgIpc) is 2.96. The third-order valence-corrected chi connectivity index (χ3v) is 7.30. The number of fused-ring (bicyclic) bond motifs is 10. The van der Waals surface area contributed by atoms with E-state index in [1.807, 2.05) is 18.5 Å². The fourth-order valence-corrected chi connectivity index (χ4v) is 5.68. The van der Waals surface area contributed by atoms with Crippen LogP contribution >= 0.6 is 0 Å². The van der Waals surface area contributed by atoms with Gasteiger partial charge in [-0.05, 0) is 39.7 Å². The minimum atomic E-state index is 0.907. The summed E-state index contributed by atoms with van der Waals surface area (Å²) in [6.45, 7) is 0. The number of benzene rings is 5. The molecule has 0 saturated heterocycles. The highest BCUT2D eigenvalue weighted by Crippen LogP contribution is 2.41. The van der Waals surface area contributed by atoms with E-state index in [4.69, 9.17) is 9.97 Å². The molecule has 8 rings (SSSR count). The van der Waals surface area contributed by atoms with Gasteiger partial charge in [-0.2, -0.15) is 0 Å². The maximum absolute atomic E-state index is 5.31. The van der Waals surface area contributed by atoms with Crippen molar-refractivity contribution in [3.63, 3.8) is 0 Å². The second-order valence-corrected chi connectivity index (χ2v) is 9.25. The van der Waals surface area contributed by atoms with E-state index in [1.54, 1.807) is 0 Å². The molecule has 3 nitrogen and oxygen atoms in total. The van der Waals surface area contributed by atoms with Gasteiger partial charge in [-0.3, -0.25) is 9.97 Å². The fourth-order valence-electron chi connectivity index (χ4n) is 5.68. The van der Waals surface area contributed by atoms with Crippen LogP contribution in [0.25, 0.3) is 76.3 Å². The summed E-state index contributed by atoms with van der Waals surface area (Å²) in [7, 11) is 0. The van der Waals surface area contributed by atoms with Crippen LogP contribution in [0.4, 0.5) is 0 Å². The molecule has 0 aliphatic carbocycles. The van der Waals surface area contributed by atoms with Gasteiger partial charge in [0.05, 0.1) is 22.2 Å². The van der Waals surface area contributed by atoms with Crippen molar-refractivity contribution in [2.24, 2.45) is 0 Å². The predicted octanol–water partition coefficient (Wildman–Crippen LogP) is 8.46. The van der Waals surface area contributed by atoms with Gasteiger partial charge in [0, 0.05) is 44.9 Å². The zero-order valence-electron chi connectivity index (χ0n) is 19.3. The number of para-hydroxylation sites is 1. The second-order valence-electron chi connectivity index (χ2n) is 9.25. The molecule has 0 amide bonds. The molecule has 3 aromatic heterocycles. The molecule has 0 spiro atoms. The molecule has 0 N–H and O–H groups in total. The molecule has 5 aromatic carbocycles. The lowest BCUT2D eigenvalue weighted by Gasteiger charge is -2.16. The standard InChI is InChI=1S/C33H19N3/c1-2-10-22-21(8-1)18-27(24-12-4-3-11-23(22)24)32-30-26-16-15-20-9-7-17-34-31(20)33(26)35-19-28(30)25-13-5-6-14-29(25)36-32/h1-19H. The van der Waals surface area contributed by atoms with Gasteiger partial charge in [-0.25, -0.2) is 4.98 Å². The lowest BCUT2D eigenvalue weighted by molar-refractivity contribution is 1.38. The van der Waals surface area contributed by atoms with Crippen molar-refractivity contribution in [3.05, 3.63) is 116 Å². The Kier molecular flexibility index (Phi) is 3.94. The third-order valence-electron chi connectivity index (χ3n) is 7.30. The van der Waals surface area contributed by atoms with E-state index in [0.29, 0.717) is 0 Å². The second kappa shape index (κ2) is 7.30. The Labute approximate surface area is 206 Å². The van der Waals surface area contributed by atoms with Crippen molar-refractivity contribution in [1.29, 1.82) is 0 Å². The third kappa shape index (κ3) is 2.65. The molecule has 0 radical (unpaired) electrons. The van der Waals surface area contributed by atoms with Gasteiger partial charge in [-0.1, -0.05) is 84.9 Å². The normalized spacial score (nSPS) is 11.9. The molecule has 3 heterocycles. The van der Waals surface area contributed by atoms with Crippen molar-refractivity contribution in [2.75, 3.05) is 0 Å². The number of pyridine rings is 3. The average molecular weight is 458 g/mol. The smallest absolute Gasteiger partial charge is 0.0971 e. The molecular formula is C33H19N3. The van der Waals surface area contributed by atoms with E-state index in [1.165, 1.54) is 21.5 Å². The zero-order chi connectivity index (χ0) is 23.6. The predicted molar refractivity (Wildman–Crippen MR) is 150 cm³/mol. The van der Waals surface area contributed by atoms with Gasteiger partial charge in [-0.15, -0.1) is 0 Å². The first-order valence-electron chi connectivity index (χ1n) is 12.1. The molecule has 0 saturated carbocycles. The van der Waals surface area contributed by atoms with E-state index >= 15 is 0 Å². The molecule has 0 fully saturated rings. The quantitative estimate of drug-likeness (QED) is 0.232. The molecule has 166 valence electrons. The topological polar surface area (TPSA) is 38.7 Å². The van der Waals surface area contributed by atoms with Crippen LogP contribution in [-0.2, 0) is 0 Å². The maximum Gasteiger partial charge on any atom is 0.0971 e. The van der Waals surface area contributed by atoms with Crippen molar-refractivity contribution >= 4 is 65.0 Å². The van der Waals surface area contributed by atoms with E-state index in [9.17, 15) is 0 Å². The van der Waals surface area contributed by atoms with E-state index < -0.39 is 0 Å². The largest absolute Gasteiger partial charge is 0.254 e. The Balaban J connectivity index is 1.64. The molecule has 0 aliphatic rings. The highest BCUT2D eigenvalue weighted by Gasteiger charge is 2.18. The number of nitrogens with zero attached hydrogens (tertiary/aromatic N) is 3. The van der Waals surface area contributed by atoms with Gasteiger partial charge in [0.2, 0.25) is 0 Å². The van der Waals surface area contributed by atoms with Gasteiger partial charge in [0.25, 0.3) is 0 Å². The Morgan fingerprint density at radius 3 is 2.14 bits per heavy atom. The Bertz CT molecular complexity index is 2160. The first-order valence-corrected chi connectivity index (χ1v) is 12.1. The number of aromatic nitrogens is 3. The van der Waals surface area contributed by atoms with Gasteiger partial charge in [0.15, 0.2) is 0 Å². The van der Waals surface area contributed by atoms with Gasteiger partial charge >= 0.3 is 0 Å². The lowest BCUT2D eigenvalue weighted by Crippen LogP contribution is -1.94. The Morgan fingerprint density at radius 2 is 1.22 bits per heavy atom. The summed E-state index contributed by atoms with van der Waals surface area (Å²) < 4.78 is 0. The highest BCUT2D eigenvalue weighted by atomic mass is 14.8. The van der Waals surface area contributed by atoms with E-state index in [2.05, 4.69) is 102 Å². The summed E-state index contributed by atoms with van der Waals surface area (Å²) in [6, 6.07) is 36.3. The van der Waals surface area contributed by atoms with Crippen molar-refractivity contribution in [2.45, 2.75) is 0 Å². The SMILES string of the molecule is c1ccc2c(c1)cc(-c1nc3ccccc3c3cnc4c(ccc5cccnc54)c13)c1ccccc12. The Morgan fingerprint density at radius 1 is 0.472 bits per heavy atom. The minimum Gasteiger partial charge on any atom is -0.254 e. The van der Waals surface area contributed by atoms with Crippen LogP contribution < -0.4 is 0 Å². The van der Waals surface area contributed by atoms with Crippen LogP contribution in [0.1, 0.15) is 0 Å². The fraction of sp³-hybridized carbons (Fsp3) is 0. The molecule has 0 atom stereocenters. The van der Waals surface area contributed by atoms with Crippen LogP contribution in [-0.4, -0.2) is 15.0 Å². The van der Waals surface area contributed by atoms with E-state index in [-0.39, 0.29) is 0 Å². The molecular weight excluding hydrogens is 438 g/mol.